The van der Waals surface area contributed by atoms with Crippen molar-refractivity contribution in [2.45, 2.75) is 20.3 Å². The van der Waals surface area contributed by atoms with Gasteiger partial charge in [-0.25, -0.2) is 0 Å². The van der Waals surface area contributed by atoms with Crippen LogP contribution in [0.15, 0.2) is 24.8 Å². The van der Waals surface area contributed by atoms with Crippen LogP contribution in [0, 0.1) is 5.92 Å². The van der Waals surface area contributed by atoms with E-state index < -0.39 is 16.0 Å². The topological polar surface area (TPSA) is 97.5 Å². The van der Waals surface area contributed by atoms with Crippen LogP contribution >= 0.6 is 0 Å². The molecule has 0 aliphatic carbocycles. The van der Waals surface area contributed by atoms with Gasteiger partial charge in [0, 0.05) is 5.57 Å². The van der Waals surface area contributed by atoms with Crippen molar-refractivity contribution >= 4 is 16.0 Å². The van der Waals surface area contributed by atoms with Crippen molar-refractivity contribution < 1.29 is 17.8 Å². The fraction of sp³-hybridized carbons (Fsp3) is 0.500. The Morgan fingerprint density at radius 3 is 2.12 bits per heavy atom. The minimum atomic E-state index is -3.79. The van der Waals surface area contributed by atoms with E-state index in [0.29, 0.717) is 12.0 Å². The van der Waals surface area contributed by atoms with Gasteiger partial charge in [-0.3, -0.25) is 9.35 Å². The summed E-state index contributed by atoms with van der Waals surface area (Å²) in [4.78, 5) is 9.82. The van der Waals surface area contributed by atoms with Crippen LogP contribution in [0.1, 0.15) is 20.3 Å². The lowest BCUT2D eigenvalue weighted by atomic mass is 10.1. The second-order valence-corrected chi connectivity index (χ2v) is 5.02. The van der Waals surface area contributed by atoms with Crippen LogP contribution in [0.25, 0.3) is 0 Å². The zero-order valence-corrected chi connectivity index (χ0v) is 10.5. The molecule has 0 aromatic carbocycles. The standard InChI is InChI=1S/C6H12O3S.C4H7NO/c1-3-4-6(2)5-10(7,8)9;1-3(2)4(5)6/h3,6H,1,4-5H2,2H3,(H,7,8,9);1H2,2H3,(H2,5,6). The average molecular weight is 249 g/mol. The Morgan fingerprint density at radius 2 is 1.94 bits per heavy atom. The van der Waals surface area contributed by atoms with Gasteiger partial charge >= 0.3 is 0 Å². The lowest BCUT2D eigenvalue weighted by Crippen LogP contribution is -2.11. The summed E-state index contributed by atoms with van der Waals surface area (Å²) in [5.74, 6) is -0.665. The van der Waals surface area contributed by atoms with E-state index >= 15 is 0 Å². The molecule has 6 heteroatoms. The molecule has 0 aliphatic heterocycles. The molecule has 94 valence electrons. The van der Waals surface area contributed by atoms with Crippen LogP contribution < -0.4 is 5.73 Å². The molecular formula is C10H19NO4S. The van der Waals surface area contributed by atoms with Crippen LogP contribution in [0.3, 0.4) is 0 Å². The zero-order valence-electron chi connectivity index (χ0n) is 9.64. The van der Waals surface area contributed by atoms with Gasteiger partial charge in [-0.15, -0.1) is 6.58 Å². The molecular weight excluding hydrogens is 230 g/mol. The Kier molecular flexibility index (Phi) is 8.70. The third kappa shape index (κ3) is 15.3. The number of amides is 1. The van der Waals surface area contributed by atoms with Crippen molar-refractivity contribution in [3.8, 4) is 0 Å². The molecule has 0 saturated heterocycles. The molecule has 0 aliphatic rings. The van der Waals surface area contributed by atoms with Crippen molar-refractivity contribution in [1.82, 2.24) is 0 Å². The van der Waals surface area contributed by atoms with E-state index in [9.17, 15) is 13.2 Å². The molecule has 0 heterocycles. The summed E-state index contributed by atoms with van der Waals surface area (Å²) < 4.78 is 28.8. The predicted molar refractivity (Wildman–Crippen MR) is 64.4 cm³/mol. The van der Waals surface area contributed by atoms with Crippen LogP contribution in [-0.4, -0.2) is 24.6 Å². The minimum Gasteiger partial charge on any atom is -0.366 e. The first-order chi connectivity index (χ1) is 7.10. The smallest absolute Gasteiger partial charge is 0.265 e. The fourth-order valence-electron chi connectivity index (χ4n) is 0.712. The Hall–Kier alpha value is -1.14. The van der Waals surface area contributed by atoms with Crippen molar-refractivity contribution in [2.24, 2.45) is 11.7 Å². The molecule has 0 bridgehead atoms. The number of allylic oxidation sites excluding steroid dienone is 1. The molecule has 0 spiro atoms. The number of hydrogen-bond donors (Lipinski definition) is 2. The summed E-state index contributed by atoms with van der Waals surface area (Å²) in [5.41, 5.74) is 5.09. The van der Waals surface area contributed by atoms with E-state index in [1.807, 2.05) is 0 Å². The van der Waals surface area contributed by atoms with Gasteiger partial charge in [0.2, 0.25) is 5.91 Å². The van der Waals surface area contributed by atoms with Gasteiger partial charge in [0.1, 0.15) is 0 Å². The first-order valence-electron chi connectivity index (χ1n) is 4.61. The van der Waals surface area contributed by atoms with Crippen LogP contribution in [-0.2, 0) is 14.9 Å². The highest BCUT2D eigenvalue weighted by Crippen LogP contribution is 2.04. The molecule has 0 rings (SSSR count). The van der Waals surface area contributed by atoms with Crippen molar-refractivity contribution in [3.63, 3.8) is 0 Å². The number of nitrogens with two attached hydrogens (primary N) is 1. The van der Waals surface area contributed by atoms with Crippen molar-refractivity contribution in [1.29, 1.82) is 0 Å². The SMILES string of the molecule is C=C(C)C(N)=O.C=CCC(C)CS(=O)(=O)O. The van der Waals surface area contributed by atoms with E-state index in [0.717, 1.165) is 0 Å². The predicted octanol–water partition coefficient (Wildman–Crippen LogP) is 1.13. The van der Waals surface area contributed by atoms with E-state index in [1.54, 1.807) is 19.9 Å². The van der Waals surface area contributed by atoms with Gasteiger partial charge in [-0.05, 0) is 19.3 Å². The third-order valence-electron chi connectivity index (χ3n) is 1.48. The van der Waals surface area contributed by atoms with Gasteiger partial charge in [0.25, 0.3) is 10.1 Å². The molecule has 0 radical (unpaired) electrons. The molecule has 3 N–H and O–H groups in total. The lowest BCUT2D eigenvalue weighted by Gasteiger charge is -2.03. The fourth-order valence-corrected chi connectivity index (χ4v) is 1.57. The van der Waals surface area contributed by atoms with Gasteiger partial charge in [-0.2, -0.15) is 8.42 Å². The van der Waals surface area contributed by atoms with Crippen LogP contribution in [0.5, 0.6) is 0 Å². The molecule has 1 atom stereocenters. The molecule has 1 amide bonds. The van der Waals surface area contributed by atoms with E-state index in [2.05, 4.69) is 13.2 Å². The van der Waals surface area contributed by atoms with Gasteiger partial charge in [-0.1, -0.05) is 19.6 Å². The molecule has 0 aromatic heterocycles. The highest BCUT2D eigenvalue weighted by atomic mass is 32.2. The largest absolute Gasteiger partial charge is 0.366 e. The lowest BCUT2D eigenvalue weighted by molar-refractivity contribution is -0.114. The monoisotopic (exact) mass is 249 g/mol. The van der Waals surface area contributed by atoms with Gasteiger partial charge in [0.05, 0.1) is 5.75 Å². The summed E-state index contributed by atoms with van der Waals surface area (Å²) in [6.07, 6.45) is 2.25. The first kappa shape index (κ1) is 17.3. The second-order valence-electron chi connectivity index (χ2n) is 3.52. The van der Waals surface area contributed by atoms with E-state index in [1.165, 1.54) is 0 Å². The summed E-state index contributed by atoms with van der Waals surface area (Å²) in [5, 5.41) is 0. The van der Waals surface area contributed by atoms with E-state index in [-0.39, 0.29) is 11.7 Å². The number of hydrogen-bond acceptors (Lipinski definition) is 3. The zero-order chi connectivity index (χ0) is 13.4. The van der Waals surface area contributed by atoms with Crippen LogP contribution in [0.2, 0.25) is 0 Å². The quantitative estimate of drug-likeness (QED) is 0.433. The van der Waals surface area contributed by atoms with Crippen molar-refractivity contribution in [2.75, 3.05) is 5.75 Å². The number of rotatable bonds is 5. The number of carbonyl (C=O) groups excluding carboxylic acids is 1. The third-order valence-corrected chi connectivity index (χ3v) is 2.48. The first-order valence-corrected chi connectivity index (χ1v) is 6.22. The highest BCUT2D eigenvalue weighted by molar-refractivity contribution is 7.85. The van der Waals surface area contributed by atoms with E-state index in [4.69, 9.17) is 10.3 Å². The molecule has 1 unspecified atom stereocenters. The minimum absolute atomic E-state index is 0.0486. The molecule has 5 nitrogen and oxygen atoms in total. The van der Waals surface area contributed by atoms with Crippen molar-refractivity contribution in [3.05, 3.63) is 24.8 Å². The summed E-state index contributed by atoms with van der Waals surface area (Å²) >= 11 is 0. The molecule has 16 heavy (non-hydrogen) atoms. The Labute approximate surface area is 96.8 Å². The maximum absolute atomic E-state index is 10.2. The average Bonchev–Trinajstić information content (AvgIpc) is 2.01. The Morgan fingerprint density at radius 1 is 1.56 bits per heavy atom. The number of primary amides is 1. The maximum Gasteiger partial charge on any atom is 0.265 e. The summed E-state index contributed by atoms with van der Waals surface area (Å²) in [6.45, 7) is 10.1. The molecule has 0 fully saturated rings. The van der Waals surface area contributed by atoms with Gasteiger partial charge in [0.15, 0.2) is 0 Å². The highest BCUT2D eigenvalue weighted by Gasteiger charge is 2.09. The maximum atomic E-state index is 10.2. The normalized spacial score (nSPS) is 11.9. The van der Waals surface area contributed by atoms with Crippen LogP contribution in [0.4, 0.5) is 0 Å². The Balaban J connectivity index is 0. The summed E-state index contributed by atoms with van der Waals surface area (Å²) in [6, 6.07) is 0. The molecule has 0 saturated carbocycles. The number of carbonyl (C=O) groups is 1. The van der Waals surface area contributed by atoms with Gasteiger partial charge < -0.3 is 5.73 Å². The molecule has 0 aromatic rings. The Bertz CT molecular complexity index is 334. The summed E-state index contributed by atoms with van der Waals surface area (Å²) in [7, 11) is -3.79. The second kappa shape index (κ2) is 8.06.